The molecule has 1 fully saturated rings. The van der Waals surface area contributed by atoms with Gasteiger partial charge in [-0.15, -0.1) is 0 Å². The number of hydrogen-bond donors (Lipinski definition) is 1. The smallest absolute Gasteiger partial charge is 0.265 e. The second-order valence-electron chi connectivity index (χ2n) is 9.56. The number of halogens is 1. The van der Waals surface area contributed by atoms with Crippen molar-refractivity contribution in [2.45, 2.75) is 50.1 Å². The molecule has 3 aromatic rings. The Balaban J connectivity index is 1.35. The summed E-state index contributed by atoms with van der Waals surface area (Å²) in [5.41, 5.74) is 3.18. The van der Waals surface area contributed by atoms with E-state index in [-0.39, 0.29) is 23.7 Å². The number of rotatable bonds is 5. The summed E-state index contributed by atoms with van der Waals surface area (Å²) in [6.07, 6.45) is 6.45. The third-order valence-electron chi connectivity index (χ3n) is 6.98. The number of nitrogens with one attached hydrogen (secondary N) is 1. The lowest BCUT2D eigenvalue weighted by molar-refractivity contribution is -0.114. The first-order valence-electron chi connectivity index (χ1n) is 12.4. The summed E-state index contributed by atoms with van der Waals surface area (Å²) < 4.78 is 13.4. The minimum absolute atomic E-state index is 0.0459. The van der Waals surface area contributed by atoms with Gasteiger partial charge in [0.1, 0.15) is 5.82 Å². The number of carbonyl (C=O) groups is 2. The topological polar surface area (TPSA) is 49.4 Å². The third-order valence-corrected chi connectivity index (χ3v) is 8.06. The van der Waals surface area contributed by atoms with Crippen molar-refractivity contribution in [3.8, 4) is 0 Å². The molecule has 1 heterocycles. The van der Waals surface area contributed by atoms with E-state index >= 15 is 0 Å². The molecule has 184 valence electrons. The molecule has 1 saturated carbocycles. The van der Waals surface area contributed by atoms with E-state index < -0.39 is 0 Å². The molecule has 1 aliphatic heterocycles. The van der Waals surface area contributed by atoms with E-state index in [4.69, 9.17) is 0 Å². The lowest BCUT2D eigenvalue weighted by atomic mass is 9.86. The van der Waals surface area contributed by atoms with E-state index in [0.29, 0.717) is 22.9 Å². The van der Waals surface area contributed by atoms with Crippen molar-refractivity contribution in [3.63, 3.8) is 0 Å². The largest absolute Gasteiger partial charge is 0.349 e. The van der Waals surface area contributed by atoms with Crippen molar-refractivity contribution in [2.75, 3.05) is 4.90 Å². The van der Waals surface area contributed by atoms with Crippen molar-refractivity contribution in [1.29, 1.82) is 0 Å². The summed E-state index contributed by atoms with van der Waals surface area (Å²) in [4.78, 5) is 29.6. The van der Waals surface area contributed by atoms with Gasteiger partial charge in [-0.05, 0) is 72.4 Å². The summed E-state index contributed by atoms with van der Waals surface area (Å²) in [6, 6.07) is 21.6. The third kappa shape index (κ3) is 5.39. The summed E-state index contributed by atoms with van der Waals surface area (Å²) in [6.45, 7) is 2.56. The first kappa shape index (κ1) is 24.3. The molecule has 36 heavy (non-hydrogen) atoms. The van der Waals surface area contributed by atoms with Crippen LogP contribution < -0.4 is 10.2 Å². The fourth-order valence-corrected chi connectivity index (χ4v) is 5.91. The molecule has 0 unspecified atom stereocenters. The Morgan fingerprint density at radius 2 is 1.75 bits per heavy atom. The fraction of sp³-hybridized carbons (Fsp3) is 0.267. The van der Waals surface area contributed by atoms with Gasteiger partial charge in [-0.1, -0.05) is 67.9 Å². The number of para-hydroxylation sites is 1. The van der Waals surface area contributed by atoms with Crippen molar-refractivity contribution < 1.29 is 14.0 Å². The zero-order valence-corrected chi connectivity index (χ0v) is 21.1. The Morgan fingerprint density at radius 1 is 1.03 bits per heavy atom. The lowest BCUT2D eigenvalue weighted by Gasteiger charge is -2.30. The molecule has 0 aromatic heterocycles. The van der Waals surface area contributed by atoms with Crippen LogP contribution in [-0.2, 0) is 11.3 Å². The SMILES string of the molecule is C[C@@H]1CCCC[C@H]1NC(=O)c1ccc(/C=C2\Sc3ccccc3N(Cc3ccc(F)cc3)C2=O)cc1. The van der Waals surface area contributed by atoms with Gasteiger partial charge >= 0.3 is 0 Å². The lowest BCUT2D eigenvalue weighted by Crippen LogP contribution is -2.41. The fourth-order valence-electron chi connectivity index (χ4n) is 4.86. The first-order valence-corrected chi connectivity index (χ1v) is 13.3. The van der Waals surface area contributed by atoms with Crippen molar-refractivity contribution in [2.24, 2.45) is 5.92 Å². The number of benzene rings is 3. The Hall–Kier alpha value is -3.38. The average Bonchev–Trinajstić information content (AvgIpc) is 2.89. The normalized spacial score (nSPS) is 20.8. The summed E-state index contributed by atoms with van der Waals surface area (Å²) in [5.74, 6) is 0.0547. The maximum atomic E-state index is 13.5. The molecule has 2 aliphatic rings. The summed E-state index contributed by atoms with van der Waals surface area (Å²) in [5, 5.41) is 3.19. The average molecular weight is 501 g/mol. The molecule has 0 radical (unpaired) electrons. The zero-order valence-electron chi connectivity index (χ0n) is 20.2. The molecule has 2 atom stereocenters. The monoisotopic (exact) mass is 500 g/mol. The highest BCUT2D eigenvalue weighted by Gasteiger charge is 2.29. The standard InChI is InChI=1S/C30H29FN2O2S/c1-20-6-2-3-7-25(20)32-29(34)23-14-10-21(11-15-23)18-28-30(35)33(19-22-12-16-24(31)17-13-22)26-8-4-5-9-27(26)36-28/h4-5,8-18,20,25H,2-3,6-7,19H2,1H3,(H,32,34)/b28-18-/t20-,25-/m1/s1. The quantitative estimate of drug-likeness (QED) is 0.391. The second-order valence-corrected chi connectivity index (χ2v) is 10.6. The minimum atomic E-state index is -0.300. The second kappa shape index (κ2) is 10.7. The van der Waals surface area contributed by atoms with E-state index in [9.17, 15) is 14.0 Å². The number of hydrogen-bond acceptors (Lipinski definition) is 3. The summed E-state index contributed by atoms with van der Waals surface area (Å²) in [7, 11) is 0. The van der Waals surface area contributed by atoms with Crippen LogP contribution in [0.4, 0.5) is 10.1 Å². The number of anilines is 1. The van der Waals surface area contributed by atoms with Crippen LogP contribution in [0, 0.1) is 11.7 Å². The molecule has 6 heteroatoms. The first-order chi connectivity index (χ1) is 17.5. The number of carbonyl (C=O) groups excluding carboxylic acids is 2. The van der Waals surface area contributed by atoms with E-state index in [0.717, 1.165) is 41.0 Å². The maximum Gasteiger partial charge on any atom is 0.265 e. The van der Waals surface area contributed by atoms with Crippen LogP contribution in [-0.4, -0.2) is 17.9 Å². The molecule has 0 spiro atoms. The molecule has 4 nitrogen and oxygen atoms in total. The van der Waals surface area contributed by atoms with E-state index in [1.165, 1.54) is 30.3 Å². The summed E-state index contributed by atoms with van der Waals surface area (Å²) >= 11 is 1.44. The molecule has 2 amide bonds. The molecule has 0 saturated heterocycles. The van der Waals surface area contributed by atoms with Gasteiger partial charge in [0.15, 0.2) is 0 Å². The van der Waals surface area contributed by atoms with Gasteiger partial charge in [0.05, 0.1) is 17.1 Å². The Bertz CT molecular complexity index is 1290. The van der Waals surface area contributed by atoms with Crippen LogP contribution in [0.5, 0.6) is 0 Å². The molecule has 1 N–H and O–H groups in total. The van der Waals surface area contributed by atoms with Crippen LogP contribution in [0.3, 0.4) is 0 Å². The van der Waals surface area contributed by atoms with Gasteiger partial charge in [0.25, 0.3) is 11.8 Å². The van der Waals surface area contributed by atoms with Crippen LogP contribution in [0.1, 0.15) is 54.1 Å². The zero-order chi connectivity index (χ0) is 25.1. The number of thioether (sulfide) groups is 1. The van der Waals surface area contributed by atoms with Crippen LogP contribution in [0.25, 0.3) is 6.08 Å². The number of nitrogens with zero attached hydrogens (tertiary/aromatic N) is 1. The predicted octanol–water partition coefficient (Wildman–Crippen LogP) is 6.81. The van der Waals surface area contributed by atoms with Gasteiger partial charge in [-0.25, -0.2) is 4.39 Å². The van der Waals surface area contributed by atoms with E-state index in [1.54, 1.807) is 17.0 Å². The van der Waals surface area contributed by atoms with Crippen LogP contribution in [0.15, 0.2) is 82.6 Å². The van der Waals surface area contributed by atoms with Gasteiger partial charge < -0.3 is 10.2 Å². The Labute approximate surface area is 215 Å². The predicted molar refractivity (Wildman–Crippen MR) is 143 cm³/mol. The highest BCUT2D eigenvalue weighted by atomic mass is 32.2. The van der Waals surface area contributed by atoms with Gasteiger partial charge in [-0.2, -0.15) is 0 Å². The highest BCUT2D eigenvalue weighted by molar-refractivity contribution is 8.04. The van der Waals surface area contributed by atoms with E-state index in [1.807, 2.05) is 54.6 Å². The van der Waals surface area contributed by atoms with Gasteiger partial charge in [0, 0.05) is 16.5 Å². The van der Waals surface area contributed by atoms with Crippen molar-refractivity contribution in [3.05, 3.63) is 100 Å². The Kier molecular flexibility index (Phi) is 7.23. The van der Waals surface area contributed by atoms with Crippen molar-refractivity contribution >= 4 is 35.3 Å². The molecule has 1 aliphatic carbocycles. The van der Waals surface area contributed by atoms with E-state index in [2.05, 4.69) is 12.2 Å². The van der Waals surface area contributed by atoms with Crippen LogP contribution in [0.2, 0.25) is 0 Å². The molecule has 0 bridgehead atoms. The van der Waals surface area contributed by atoms with Crippen LogP contribution >= 0.6 is 11.8 Å². The number of amides is 2. The van der Waals surface area contributed by atoms with Crippen molar-refractivity contribution in [1.82, 2.24) is 5.32 Å². The minimum Gasteiger partial charge on any atom is -0.349 e. The molecular weight excluding hydrogens is 471 g/mol. The molecule has 5 rings (SSSR count). The van der Waals surface area contributed by atoms with Gasteiger partial charge in [0.2, 0.25) is 0 Å². The number of fused-ring (bicyclic) bond motifs is 1. The highest BCUT2D eigenvalue weighted by Crippen LogP contribution is 2.42. The maximum absolute atomic E-state index is 13.5. The Morgan fingerprint density at radius 3 is 2.50 bits per heavy atom. The van der Waals surface area contributed by atoms with Gasteiger partial charge in [-0.3, -0.25) is 9.59 Å². The molecule has 3 aromatic carbocycles. The molecular formula is C30H29FN2O2S.